The van der Waals surface area contributed by atoms with Crippen LogP contribution in [0.25, 0.3) is 22.2 Å². The molecule has 1 heterocycles. The van der Waals surface area contributed by atoms with Gasteiger partial charge < -0.3 is 4.74 Å². The number of ether oxygens (including phenoxy) is 1. The van der Waals surface area contributed by atoms with Crippen LogP contribution in [0.15, 0.2) is 48.8 Å². The predicted molar refractivity (Wildman–Crippen MR) is 109 cm³/mol. The van der Waals surface area contributed by atoms with Gasteiger partial charge >= 0.3 is 0 Å². The first kappa shape index (κ1) is 18.4. The van der Waals surface area contributed by atoms with Gasteiger partial charge in [0.2, 0.25) is 0 Å². The zero-order chi connectivity index (χ0) is 18.2. The van der Waals surface area contributed by atoms with Gasteiger partial charge in [0.05, 0.1) is 6.61 Å². The average molecular weight is 348 g/mol. The number of hydrogen-bond acceptors (Lipinski definition) is 3. The van der Waals surface area contributed by atoms with Crippen LogP contribution in [0.5, 0.6) is 5.75 Å². The standard InChI is InChI=1S/C23H28N2O/c1-3-5-7-13-26-22-12-11-19-14-21(10-9-20(19)15-22)23-24-16-18(17-25-23)8-6-4-2/h9-12,14-17H,3-8,13H2,1-2H3. The molecule has 3 rings (SSSR count). The van der Waals surface area contributed by atoms with Gasteiger partial charge in [0.1, 0.15) is 5.75 Å². The first-order valence-corrected chi connectivity index (χ1v) is 9.78. The SMILES string of the molecule is CCCCCOc1ccc2cc(-c3ncc(CCCC)cn3)ccc2c1. The van der Waals surface area contributed by atoms with E-state index in [2.05, 4.69) is 54.1 Å². The van der Waals surface area contributed by atoms with Gasteiger partial charge in [-0.1, -0.05) is 51.3 Å². The molecule has 0 atom stereocenters. The molecule has 26 heavy (non-hydrogen) atoms. The molecule has 0 saturated carbocycles. The van der Waals surface area contributed by atoms with Crippen molar-refractivity contribution in [3.05, 3.63) is 54.4 Å². The number of unbranched alkanes of at least 4 members (excludes halogenated alkanes) is 3. The highest BCUT2D eigenvalue weighted by molar-refractivity contribution is 5.87. The Balaban J connectivity index is 1.72. The van der Waals surface area contributed by atoms with Gasteiger partial charge in [-0.3, -0.25) is 0 Å². The molecule has 0 radical (unpaired) electrons. The molecule has 0 saturated heterocycles. The van der Waals surface area contributed by atoms with Crippen LogP contribution in [-0.4, -0.2) is 16.6 Å². The summed E-state index contributed by atoms with van der Waals surface area (Å²) in [6, 6.07) is 12.6. The maximum atomic E-state index is 5.85. The van der Waals surface area contributed by atoms with E-state index in [0.29, 0.717) is 0 Å². The molecule has 0 aliphatic heterocycles. The summed E-state index contributed by atoms with van der Waals surface area (Å²) in [6.07, 6.45) is 10.9. The molecule has 1 aromatic heterocycles. The van der Waals surface area contributed by atoms with E-state index in [1.165, 1.54) is 42.0 Å². The second kappa shape index (κ2) is 9.33. The number of aryl methyl sites for hydroxylation is 1. The van der Waals surface area contributed by atoms with E-state index in [1.54, 1.807) is 0 Å². The first-order valence-electron chi connectivity index (χ1n) is 9.78. The molecule has 0 N–H and O–H groups in total. The first-order chi connectivity index (χ1) is 12.8. The van der Waals surface area contributed by atoms with Crippen LogP contribution in [0.3, 0.4) is 0 Å². The summed E-state index contributed by atoms with van der Waals surface area (Å²) in [6.45, 7) is 5.19. The molecule has 0 fully saturated rings. The Labute approximate surface area is 156 Å². The molecule has 0 aliphatic carbocycles. The second-order valence-corrected chi connectivity index (χ2v) is 6.80. The molecule has 136 valence electrons. The van der Waals surface area contributed by atoms with Crippen molar-refractivity contribution in [3.63, 3.8) is 0 Å². The van der Waals surface area contributed by atoms with Crippen molar-refractivity contribution < 1.29 is 4.74 Å². The fourth-order valence-electron chi connectivity index (χ4n) is 3.01. The highest BCUT2D eigenvalue weighted by atomic mass is 16.5. The third kappa shape index (κ3) is 4.81. The summed E-state index contributed by atoms with van der Waals surface area (Å²) in [4.78, 5) is 9.10. The zero-order valence-electron chi connectivity index (χ0n) is 15.9. The largest absolute Gasteiger partial charge is 0.494 e. The quantitative estimate of drug-likeness (QED) is 0.431. The smallest absolute Gasteiger partial charge is 0.159 e. The van der Waals surface area contributed by atoms with Crippen molar-refractivity contribution >= 4 is 10.8 Å². The van der Waals surface area contributed by atoms with Crippen molar-refractivity contribution in [2.75, 3.05) is 6.61 Å². The van der Waals surface area contributed by atoms with Crippen molar-refractivity contribution in [1.82, 2.24) is 9.97 Å². The van der Waals surface area contributed by atoms with Crippen molar-refractivity contribution in [2.24, 2.45) is 0 Å². The lowest BCUT2D eigenvalue weighted by Crippen LogP contribution is -1.96. The van der Waals surface area contributed by atoms with E-state index in [0.717, 1.165) is 36.6 Å². The molecule has 3 aromatic rings. The number of fused-ring (bicyclic) bond motifs is 1. The Morgan fingerprint density at radius 3 is 2.31 bits per heavy atom. The maximum absolute atomic E-state index is 5.85. The minimum atomic E-state index is 0.784. The molecule has 3 heteroatoms. The molecule has 0 aliphatic rings. The lowest BCUT2D eigenvalue weighted by Gasteiger charge is -2.08. The van der Waals surface area contributed by atoms with Crippen LogP contribution in [0, 0.1) is 0 Å². The summed E-state index contributed by atoms with van der Waals surface area (Å²) in [5.74, 6) is 1.73. The van der Waals surface area contributed by atoms with Crippen LogP contribution in [0.4, 0.5) is 0 Å². The lowest BCUT2D eigenvalue weighted by atomic mass is 10.1. The summed E-state index contributed by atoms with van der Waals surface area (Å²) in [5, 5.41) is 2.36. The van der Waals surface area contributed by atoms with Crippen LogP contribution in [0.1, 0.15) is 51.5 Å². The number of benzene rings is 2. The summed E-state index contributed by atoms with van der Waals surface area (Å²) in [7, 11) is 0. The minimum Gasteiger partial charge on any atom is -0.494 e. The second-order valence-electron chi connectivity index (χ2n) is 6.80. The Kier molecular flexibility index (Phi) is 6.59. The number of aromatic nitrogens is 2. The van der Waals surface area contributed by atoms with E-state index in [1.807, 2.05) is 18.5 Å². The summed E-state index contributed by atoms with van der Waals surface area (Å²) < 4.78 is 5.85. The average Bonchev–Trinajstić information content (AvgIpc) is 2.69. The number of hydrogen-bond donors (Lipinski definition) is 0. The van der Waals surface area contributed by atoms with Gasteiger partial charge in [0.25, 0.3) is 0 Å². The molecule has 0 spiro atoms. The highest BCUT2D eigenvalue weighted by Gasteiger charge is 2.04. The monoisotopic (exact) mass is 348 g/mol. The Hall–Kier alpha value is -2.42. The van der Waals surface area contributed by atoms with E-state index in [9.17, 15) is 0 Å². The molecule has 0 bridgehead atoms. The maximum Gasteiger partial charge on any atom is 0.159 e. The number of nitrogens with zero attached hydrogens (tertiary/aromatic N) is 2. The fourth-order valence-corrected chi connectivity index (χ4v) is 3.01. The molecular weight excluding hydrogens is 320 g/mol. The van der Waals surface area contributed by atoms with Crippen molar-refractivity contribution in [1.29, 1.82) is 0 Å². The molecule has 3 nitrogen and oxygen atoms in total. The van der Waals surface area contributed by atoms with Crippen LogP contribution < -0.4 is 4.74 Å². The Morgan fingerprint density at radius 1 is 0.808 bits per heavy atom. The van der Waals surface area contributed by atoms with Gasteiger partial charge in [0.15, 0.2) is 5.82 Å². The van der Waals surface area contributed by atoms with E-state index < -0.39 is 0 Å². The van der Waals surface area contributed by atoms with Gasteiger partial charge in [-0.2, -0.15) is 0 Å². The van der Waals surface area contributed by atoms with Gasteiger partial charge in [-0.05, 0) is 53.8 Å². The van der Waals surface area contributed by atoms with Crippen LogP contribution >= 0.6 is 0 Å². The normalized spacial score (nSPS) is 11.0. The van der Waals surface area contributed by atoms with Crippen molar-refractivity contribution in [2.45, 2.75) is 52.4 Å². The predicted octanol–water partition coefficient (Wildman–Crippen LogP) is 6.21. The van der Waals surface area contributed by atoms with Crippen molar-refractivity contribution in [3.8, 4) is 17.1 Å². The van der Waals surface area contributed by atoms with Gasteiger partial charge in [0, 0.05) is 18.0 Å². The number of rotatable bonds is 9. The zero-order valence-corrected chi connectivity index (χ0v) is 15.9. The minimum absolute atomic E-state index is 0.784. The van der Waals surface area contributed by atoms with Crippen LogP contribution in [-0.2, 0) is 6.42 Å². The van der Waals surface area contributed by atoms with Gasteiger partial charge in [-0.15, -0.1) is 0 Å². The third-order valence-corrected chi connectivity index (χ3v) is 4.61. The molecule has 0 amide bonds. The topological polar surface area (TPSA) is 35.0 Å². The fraction of sp³-hybridized carbons (Fsp3) is 0.391. The molecular formula is C23H28N2O. The lowest BCUT2D eigenvalue weighted by molar-refractivity contribution is 0.306. The van der Waals surface area contributed by atoms with E-state index in [-0.39, 0.29) is 0 Å². The molecule has 0 unspecified atom stereocenters. The summed E-state index contributed by atoms with van der Waals surface area (Å²) in [5.41, 5.74) is 2.26. The van der Waals surface area contributed by atoms with E-state index >= 15 is 0 Å². The van der Waals surface area contributed by atoms with E-state index in [4.69, 9.17) is 4.74 Å². The summed E-state index contributed by atoms with van der Waals surface area (Å²) >= 11 is 0. The Bertz CT molecular complexity index is 827. The third-order valence-electron chi connectivity index (χ3n) is 4.61. The van der Waals surface area contributed by atoms with Gasteiger partial charge in [-0.25, -0.2) is 9.97 Å². The van der Waals surface area contributed by atoms with Crippen LogP contribution in [0.2, 0.25) is 0 Å². The highest BCUT2D eigenvalue weighted by Crippen LogP contribution is 2.25. The Morgan fingerprint density at radius 2 is 1.54 bits per heavy atom. The molecule has 2 aromatic carbocycles.